The predicted octanol–water partition coefficient (Wildman–Crippen LogP) is 2.71. The summed E-state index contributed by atoms with van der Waals surface area (Å²) in [6.07, 6.45) is 1.50. The third kappa shape index (κ3) is 2.20. The zero-order valence-corrected chi connectivity index (χ0v) is 8.71. The van der Waals surface area contributed by atoms with E-state index < -0.39 is 15.9 Å². The Morgan fingerprint density at radius 3 is 1.67 bits per heavy atom. The lowest BCUT2D eigenvalue weighted by Gasteiger charge is -2.22. The monoisotopic (exact) mass is 210 g/mol. The Morgan fingerprint density at radius 1 is 1.17 bits per heavy atom. The van der Waals surface area contributed by atoms with Crippen molar-refractivity contribution in [3.8, 4) is 0 Å². The molecule has 0 rings (SSSR count). The van der Waals surface area contributed by atoms with E-state index in [0.717, 1.165) is 0 Å². The molecule has 0 bridgehead atoms. The fraction of sp³-hybridized carbons (Fsp3) is 0.750. The predicted molar refractivity (Wildman–Crippen MR) is 49.4 cm³/mol. The Morgan fingerprint density at radius 2 is 1.58 bits per heavy atom. The van der Waals surface area contributed by atoms with Crippen LogP contribution >= 0.6 is 23.2 Å². The van der Waals surface area contributed by atoms with Gasteiger partial charge in [-0.25, -0.2) is 0 Å². The molecule has 0 saturated heterocycles. The molecule has 4 heteroatoms. The summed E-state index contributed by atoms with van der Waals surface area (Å²) in [6.45, 7) is 3.61. The highest BCUT2D eigenvalue weighted by molar-refractivity contribution is 6.74. The first-order valence-electron chi connectivity index (χ1n) is 3.91. The van der Waals surface area contributed by atoms with E-state index in [1.165, 1.54) is 0 Å². The highest BCUT2D eigenvalue weighted by atomic mass is 35.5. The SMILES string of the molecule is CCCC(CC)(C(=O)Cl)C(=O)Cl. The molecule has 0 aliphatic heterocycles. The Hall–Kier alpha value is -0.0800. The molecule has 0 amide bonds. The van der Waals surface area contributed by atoms with E-state index in [9.17, 15) is 9.59 Å². The van der Waals surface area contributed by atoms with E-state index in [4.69, 9.17) is 23.2 Å². The molecule has 0 spiro atoms. The van der Waals surface area contributed by atoms with Crippen molar-refractivity contribution in [3.05, 3.63) is 0 Å². The van der Waals surface area contributed by atoms with E-state index in [1.807, 2.05) is 6.92 Å². The minimum Gasteiger partial charge on any atom is -0.280 e. The number of hydrogen-bond acceptors (Lipinski definition) is 2. The summed E-state index contributed by atoms with van der Waals surface area (Å²) in [5, 5.41) is -1.29. The van der Waals surface area contributed by atoms with Crippen LogP contribution in [0.3, 0.4) is 0 Å². The van der Waals surface area contributed by atoms with Crippen LogP contribution in [0.25, 0.3) is 0 Å². The maximum Gasteiger partial charge on any atom is 0.236 e. The van der Waals surface area contributed by atoms with Gasteiger partial charge in [-0.15, -0.1) is 0 Å². The van der Waals surface area contributed by atoms with Crippen LogP contribution < -0.4 is 0 Å². The van der Waals surface area contributed by atoms with E-state index in [0.29, 0.717) is 19.3 Å². The average Bonchev–Trinajstić information content (AvgIpc) is 1.98. The van der Waals surface area contributed by atoms with Crippen LogP contribution in [0.15, 0.2) is 0 Å². The topological polar surface area (TPSA) is 34.1 Å². The van der Waals surface area contributed by atoms with Crippen LogP contribution in [0, 0.1) is 5.41 Å². The molecule has 0 aromatic heterocycles. The standard InChI is InChI=1S/C8H12Cl2O2/c1-3-5-8(4-2,6(9)11)7(10)12/h3-5H2,1-2H3. The molecule has 12 heavy (non-hydrogen) atoms. The summed E-state index contributed by atoms with van der Waals surface area (Å²) < 4.78 is 0. The third-order valence-corrected chi connectivity index (χ3v) is 2.76. The lowest BCUT2D eigenvalue weighted by Crippen LogP contribution is -2.33. The molecule has 0 aromatic rings. The van der Waals surface area contributed by atoms with Gasteiger partial charge < -0.3 is 0 Å². The van der Waals surface area contributed by atoms with Crippen molar-refractivity contribution in [3.63, 3.8) is 0 Å². The first-order chi connectivity index (χ1) is 5.51. The summed E-state index contributed by atoms with van der Waals surface area (Å²) >= 11 is 10.7. The minimum absolute atomic E-state index is 0.367. The molecule has 0 atom stereocenters. The summed E-state index contributed by atoms with van der Waals surface area (Å²) in [5.41, 5.74) is -1.15. The van der Waals surface area contributed by atoms with Crippen molar-refractivity contribution in [1.82, 2.24) is 0 Å². The fourth-order valence-electron chi connectivity index (χ4n) is 1.16. The molecule has 70 valence electrons. The van der Waals surface area contributed by atoms with Gasteiger partial charge in [0, 0.05) is 0 Å². The Bertz CT molecular complexity index is 175. The number of hydrogen-bond donors (Lipinski definition) is 0. The van der Waals surface area contributed by atoms with Gasteiger partial charge in [-0.3, -0.25) is 9.59 Å². The minimum atomic E-state index is -1.15. The Labute approximate surface area is 82.2 Å². The summed E-state index contributed by atoms with van der Waals surface area (Å²) in [6, 6.07) is 0. The second-order valence-electron chi connectivity index (χ2n) is 2.73. The van der Waals surface area contributed by atoms with Gasteiger partial charge in [0.15, 0.2) is 0 Å². The van der Waals surface area contributed by atoms with Gasteiger partial charge in [-0.2, -0.15) is 0 Å². The smallest absolute Gasteiger partial charge is 0.236 e. The van der Waals surface area contributed by atoms with Crippen molar-refractivity contribution in [2.75, 3.05) is 0 Å². The summed E-state index contributed by atoms with van der Waals surface area (Å²) in [7, 11) is 0. The first-order valence-corrected chi connectivity index (χ1v) is 4.66. The molecule has 0 N–H and O–H groups in total. The van der Waals surface area contributed by atoms with Crippen molar-refractivity contribution in [1.29, 1.82) is 0 Å². The van der Waals surface area contributed by atoms with Crippen molar-refractivity contribution >= 4 is 33.7 Å². The number of carbonyl (C=O) groups excluding carboxylic acids is 2. The van der Waals surface area contributed by atoms with E-state index in [1.54, 1.807) is 6.92 Å². The maximum atomic E-state index is 11.0. The van der Waals surface area contributed by atoms with Gasteiger partial charge in [0.1, 0.15) is 5.41 Å². The van der Waals surface area contributed by atoms with Crippen LogP contribution in [-0.4, -0.2) is 10.5 Å². The maximum absolute atomic E-state index is 11.0. The summed E-state index contributed by atoms with van der Waals surface area (Å²) in [5.74, 6) is 0. The molecule has 0 saturated carbocycles. The third-order valence-electron chi connectivity index (χ3n) is 2.03. The molecule has 0 unspecified atom stereocenters. The number of carbonyl (C=O) groups is 2. The first kappa shape index (κ1) is 11.9. The van der Waals surface area contributed by atoms with Crippen molar-refractivity contribution in [2.24, 2.45) is 5.41 Å². The van der Waals surface area contributed by atoms with Crippen molar-refractivity contribution in [2.45, 2.75) is 33.1 Å². The Balaban J connectivity index is 4.76. The molecule has 0 aromatic carbocycles. The average molecular weight is 211 g/mol. The van der Waals surface area contributed by atoms with Crippen LogP contribution in [0.5, 0.6) is 0 Å². The highest BCUT2D eigenvalue weighted by Gasteiger charge is 2.41. The van der Waals surface area contributed by atoms with Gasteiger partial charge in [0.05, 0.1) is 0 Å². The van der Waals surface area contributed by atoms with Crippen LogP contribution in [0.4, 0.5) is 0 Å². The fourth-order valence-corrected chi connectivity index (χ4v) is 1.83. The van der Waals surface area contributed by atoms with E-state index >= 15 is 0 Å². The van der Waals surface area contributed by atoms with Crippen LogP contribution in [-0.2, 0) is 9.59 Å². The quantitative estimate of drug-likeness (QED) is 0.517. The molecule has 0 fully saturated rings. The summed E-state index contributed by atoms with van der Waals surface area (Å²) in [4.78, 5) is 22.0. The van der Waals surface area contributed by atoms with Gasteiger partial charge in [-0.1, -0.05) is 20.3 Å². The second kappa shape index (κ2) is 4.83. The molecule has 0 aliphatic carbocycles. The number of rotatable bonds is 5. The van der Waals surface area contributed by atoms with Gasteiger partial charge in [0.25, 0.3) is 0 Å². The van der Waals surface area contributed by atoms with Crippen LogP contribution in [0.1, 0.15) is 33.1 Å². The molecular weight excluding hydrogens is 199 g/mol. The number of halogens is 2. The Kier molecular flexibility index (Phi) is 4.80. The lowest BCUT2D eigenvalue weighted by molar-refractivity contribution is -0.132. The van der Waals surface area contributed by atoms with Gasteiger partial charge in [0.2, 0.25) is 10.5 Å². The zero-order valence-electron chi connectivity index (χ0n) is 7.19. The van der Waals surface area contributed by atoms with E-state index in [2.05, 4.69) is 0 Å². The normalized spacial score (nSPS) is 11.3. The molecule has 2 nitrogen and oxygen atoms in total. The van der Waals surface area contributed by atoms with E-state index in [-0.39, 0.29) is 0 Å². The largest absolute Gasteiger partial charge is 0.280 e. The van der Waals surface area contributed by atoms with Gasteiger partial charge >= 0.3 is 0 Å². The molecule has 0 radical (unpaired) electrons. The highest BCUT2D eigenvalue weighted by Crippen LogP contribution is 2.33. The van der Waals surface area contributed by atoms with Gasteiger partial charge in [-0.05, 0) is 36.0 Å². The van der Waals surface area contributed by atoms with Crippen molar-refractivity contribution < 1.29 is 9.59 Å². The van der Waals surface area contributed by atoms with Crippen LogP contribution in [0.2, 0.25) is 0 Å². The molecule has 0 aliphatic rings. The lowest BCUT2D eigenvalue weighted by atomic mass is 9.83. The molecule has 0 heterocycles. The second-order valence-corrected chi connectivity index (χ2v) is 3.42. The zero-order chi connectivity index (χ0) is 9.78. The molecular formula is C8H12Cl2O2.